The molecule has 1 amide bonds. The average Bonchev–Trinajstić information content (AvgIpc) is 3.15. The minimum atomic E-state index is -0.465. The van der Waals surface area contributed by atoms with Crippen molar-refractivity contribution in [1.82, 2.24) is 14.8 Å². The highest BCUT2D eigenvalue weighted by atomic mass is 16.6. The first-order valence-electron chi connectivity index (χ1n) is 10.9. The van der Waals surface area contributed by atoms with Crippen molar-refractivity contribution in [2.24, 2.45) is 5.41 Å². The number of carbonyl (C=O) groups is 1. The van der Waals surface area contributed by atoms with Crippen LogP contribution in [0.4, 0.5) is 4.79 Å². The maximum Gasteiger partial charge on any atom is 0.410 e. The number of amides is 1. The van der Waals surface area contributed by atoms with Gasteiger partial charge in [0, 0.05) is 39.0 Å². The number of likely N-dealkylation sites (tertiary alicyclic amines) is 2. The first kappa shape index (κ1) is 23.3. The number of nitrogens with zero attached hydrogens (tertiary/aromatic N) is 4. The molecule has 0 aromatic carbocycles. The highest BCUT2D eigenvalue weighted by Crippen LogP contribution is 2.41. The molecular formula is C23H34N4O4. The quantitative estimate of drug-likeness (QED) is 0.708. The molecule has 0 unspecified atom stereocenters. The molecule has 0 saturated carbocycles. The van der Waals surface area contributed by atoms with E-state index in [1.165, 1.54) is 6.20 Å². The zero-order chi connectivity index (χ0) is 22.6. The molecule has 1 atom stereocenters. The minimum absolute atomic E-state index is 0.186. The fraction of sp³-hybridized carbons (Fsp3) is 0.696. The second-order valence-corrected chi connectivity index (χ2v) is 9.60. The van der Waals surface area contributed by atoms with Crippen LogP contribution in [0.2, 0.25) is 0 Å². The van der Waals surface area contributed by atoms with Crippen molar-refractivity contribution in [1.29, 1.82) is 5.26 Å². The Morgan fingerprint density at radius 2 is 1.94 bits per heavy atom. The molecule has 0 radical (unpaired) electrons. The van der Waals surface area contributed by atoms with E-state index in [1.807, 2.05) is 25.7 Å². The van der Waals surface area contributed by atoms with E-state index in [2.05, 4.69) is 16.0 Å². The molecule has 8 heteroatoms. The number of nitriles is 1. The summed E-state index contributed by atoms with van der Waals surface area (Å²) in [4.78, 5) is 21.1. The summed E-state index contributed by atoms with van der Waals surface area (Å²) >= 11 is 0. The Labute approximate surface area is 185 Å². The molecule has 2 fully saturated rings. The summed E-state index contributed by atoms with van der Waals surface area (Å²) in [5, 5.41) is 9.16. The molecule has 2 aliphatic heterocycles. The summed E-state index contributed by atoms with van der Waals surface area (Å²) in [6, 6.07) is 3.87. The minimum Gasteiger partial charge on any atom is -0.495 e. The van der Waals surface area contributed by atoms with E-state index in [-0.39, 0.29) is 17.6 Å². The lowest BCUT2D eigenvalue weighted by atomic mass is 9.77. The Morgan fingerprint density at radius 1 is 1.26 bits per heavy atom. The summed E-state index contributed by atoms with van der Waals surface area (Å²) in [5.74, 6) is 0.514. The lowest BCUT2D eigenvalue weighted by molar-refractivity contribution is 0.0193. The molecular weight excluding hydrogens is 396 g/mol. The number of ether oxygens (including phenoxy) is 3. The predicted octanol–water partition coefficient (Wildman–Crippen LogP) is 3.37. The highest BCUT2D eigenvalue weighted by Gasteiger charge is 2.43. The van der Waals surface area contributed by atoms with Crippen LogP contribution in [0.25, 0.3) is 0 Å². The van der Waals surface area contributed by atoms with E-state index < -0.39 is 5.60 Å². The van der Waals surface area contributed by atoms with E-state index in [4.69, 9.17) is 19.5 Å². The van der Waals surface area contributed by atoms with Crippen molar-refractivity contribution >= 4 is 6.09 Å². The van der Waals surface area contributed by atoms with E-state index in [1.54, 1.807) is 20.3 Å². The summed E-state index contributed by atoms with van der Waals surface area (Å²) in [5.41, 5.74) is 0.895. The van der Waals surface area contributed by atoms with Gasteiger partial charge in [-0.3, -0.25) is 4.98 Å². The molecule has 3 heterocycles. The zero-order valence-electron chi connectivity index (χ0n) is 19.3. The van der Waals surface area contributed by atoms with E-state index in [0.29, 0.717) is 11.3 Å². The molecule has 31 heavy (non-hydrogen) atoms. The number of pyridine rings is 1. The smallest absolute Gasteiger partial charge is 0.410 e. The number of rotatable bonds is 5. The molecule has 0 bridgehead atoms. The first-order chi connectivity index (χ1) is 14.7. The molecule has 0 aliphatic carbocycles. The Bertz CT molecular complexity index is 822. The lowest BCUT2D eigenvalue weighted by Crippen LogP contribution is -2.44. The van der Waals surface area contributed by atoms with Gasteiger partial charge in [0.05, 0.1) is 12.8 Å². The fourth-order valence-electron chi connectivity index (χ4n) is 4.44. The van der Waals surface area contributed by atoms with Crippen LogP contribution in [0.3, 0.4) is 0 Å². The van der Waals surface area contributed by atoms with Crippen LogP contribution in [0.1, 0.15) is 57.4 Å². The largest absolute Gasteiger partial charge is 0.495 e. The van der Waals surface area contributed by atoms with Gasteiger partial charge in [-0.05, 0) is 58.5 Å². The van der Waals surface area contributed by atoms with Gasteiger partial charge in [0.2, 0.25) is 0 Å². The number of hydrogen-bond donors (Lipinski definition) is 0. The number of piperidine rings is 1. The molecule has 3 rings (SSSR count). The van der Waals surface area contributed by atoms with Crippen molar-refractivity contribution in [2.75, 3.05) is 46.9 Å². The van der Waals surface area contributed by atoms with E-state index >= 15 is 0 Å². The van der Waals surface area contributed by atoms with Gasteiger partial charge in [-0.1, -0.05) is 0 Å². The number of methoxy groups -OCH3 is 2. The van der Waals surface area contributed by atoms with Crippen molar-refractivity contribution in [3.8, 4) is 11.8 Å². The van der Waals surface area contributed by atoms with Gasteiger partial charge in [-0.25, -0.2) is 4.79 Å². The topological polar surface area (TPSA) is 87.9 Å². The highest BCUT2D eigenvalue weighted by molar-refractivity contribution is 5.68. The van der Waals surface area contributed by atoms with Gasteiger partial charge in [-0.2, -0.15) is 5.26 Å². The molecule has 1 spiro atoms. The van der Waals surface area contributed by atoms with Crippen LogP contribution < -0.4 is 4.74 Å². The number of hydrogen-bond acceptors (Lipinski definition) is 7. The number of carbonyl (C=O) groups excluding carboxylic acids is 1. The van der Waals surface area contributed by atoms with Gasteiger partial charge in [0.15, 0.2) is 0 Å². The Morgan fingerprint density at radius 3 is 2.52 bits per heavy atom. The monoisotopic (exact) mass is 430 g/mol. The zero-order valence-corrected chi connectivity index (χ0v) is 19.3. The third-order valence-corrected chi connectivity index (χ3v) is 6.27. The first-order valence-corrected chi connectivity index (χ1v) is 10.9. The second-order valence-electron chi connectivity index (χ2n) is 9.60. The van der Waals surface area contributed by atoms with Gasteiger partial charge in [0.25, 0.3) is 0 Å². The molecule has 2 saturated heterocycles. The van der Waals surface area contributed by atoms with Crippen LogP contribution in [-0.4, -0.2) is 73.4 Å². The van der Waals surface area contributed by atoms with Gasteiger partial charge in [0.1, 0.15) is 29.1 Å². The molecule has 1 aromatic heterocycles. The van der Waals surface area contributed by atoms with Crippen LogP contribution in [0.15, 0.2) is 12.3 Å². The SMILES string of the molecule is COc1cc([C@H](CN2CCC3(CC2)CCN(C(=O)OC(C)(C)C)C3)OC)ncc1C#N. The van der Waals surface area contributed by atoms with Gasteiger partial charge >= 0.3 is 6.09 Å². The molecule has 170 valence electrons. The lowest BCUT2D eigenvalue weighted by Gasteiger charge is -2.40. The predicted molar refractivity (Wildman–Crippen MR) is 116 cm³/mol. The van der Waals surface area contributed by atoms with Crippen molar-refractivity contribution < 1.29 is 19.0 Å². The van der Waals surface area contributed by atoms with Crippen LogP contribution >= 0.6 is 0 Å². The Balaban J connectivity index is 1.56. The van der Waals surface area contributed by atoms with Gasteiger partial charge < -0.3 is 24.0 Å². The Hall–Kier alpha value is -2.37. The summed E-state index contributed by atoms with van der Waals surface area (Å²) in [6.07, 6.45) is 4.27. The van der Waals surface area contributed by atoms with E-state index in [0.717, 1.165) is 57.7 Å². The van der Waals surface area contributed by atoms with Crippen molar-refractivity contribution in [3.63, 3.8) is 0 Å². The molecule has 2 aliphatic rings. The third-order valence-electron chi connectivity index (χ3n) is 6.27. The molecule has 1 aromatic rings. The van der Waals surface area contributed by atoms with E-state index in [9.17, 15) is 4.79 Å². The van der Waals surface area contributed by atoms with Crippen LogP contribution in [0, 0.1) is 16.7 Å². The van der Waals surface area contributed by atoms with Crippen LogP contribution in [0.5, 0.6) is 5.75 Å². The van der Waals surface area contributed by atoms with Crippen molar-refractivity contribution in [2.45, 2.75) is 51.7 Å². The standard InChI is InChI=1S/C23H34N4O4/c1-22(2,3)31-21(28)27-11-8-23(16-27)6-9-26(10-7-23)15-20(30-5)18-12-19(29-4)17(13-24)14-25-18/h12,14,20H,6-11,15-16H2,1-5H3/t20-/m0/s1. The fourth-order valence-corrected chi connectivity index (χ4v) is 4.44. The maximum absolute atomic E-state index is 12.4. The van der Waals surface area contributed by atoms with Gasteiger partial charge in [-0.15, -0.1) is 0 Å². The molecule has 0 N–H and O–H groups in total. The summed E-state index contributed by atoms with van der Waals surface area (Å²) in [6.45, 7) is 9.89. The Kier molecular flexibility index (Phi) is 7.07. The normalized spacial score (nSPS) is 19.8. The summed E-state index contributed by atoms with van der Waals surface area (Å²) < 4.78 is 16.6. The van der Waals surface area contributed by atoms with Crippen LogP contribution in [-0.2, 0) is 9.47 Å². The second kappa shape index (κ2) is 9.41. The average molecular weight is 431 g/mol. The van der Waals surface area contributed by atoms with Crippen molar-refractivity contribution in [3.05, 3.63) is 23.5 Å². The summed E-state index contributed by atoms with van der Waals surface area (Å²) in [7, 11) is 3.23. The maximum atomic E-state index is 12.4. The third kappa shape index (κ3) is 5.66. The molecule has 8 nitrogen and oxygen atoms in total. The number of aromatic nitrogens is 1.